The van der Waals surface area contributed by atoms with Crippen LogP contribution < -0.4 is 9.64 Å². The van der Waals surface area contributed by atoms with Crippen molar-refractivity contribution in [2.75, 3.05) is 50.8 Å². The van der Waals surface area contributed by atoms with Gasteiger partial charge in [0.2, 0.25) is 0 Å². The highest BCUT2D eigenvalue weighted by Gasteiger charge is 2.46. The molecule has 0 radical (unpaired) electrons. The molecule has 0 spiro atoms. The van der Waals surface area contributed by atoms with Crippen LogP contribution in [0.4, 0.5) is 14.6 Å². The number of piperazine rings is 1. The Bertz CT molecular complexity index is 1780. The molecular weight excluding hydrogens is 586 g/mol. The number of nitriles is 1. The lowest BCUT2D eigenvalue weighted by atomic mass is 9.93. The van der Waals surface area contributed by atoms with Gasteiger partial charge in [0, 0.05) is 42.5 Å². The zero-order valence-corrected chi connectivity index (χ0v) is 26.0. The second kappa shape index (κ2) is 11.3. The van der Waals surface area contributed by atoms with E-state index >= 15 is 4.39 Å². The number of likely N-dealkylation sites (tertiary alicyclic amines) is 1. The maximum atomic E-state index is 16.8. The number of aromatic nitrogens is 2. The predicted octanol–water partition coefficient (Wildman–Crippen LogP) is 5.76. The molecule has 5 aliphatic rings. The largest absolute Gasteiger partial charge is 0.463 e. The third-order valence-electron chi connectivity index (χ3n) is 10.9. The number of hydrogen-bond acceptors (Lipinski definition) is 7. The van der Waals surface area contributed by atoms with Crippen LogP contribution in [0.1, 0.15) is 55.6 Å². The first-order valence-corrected chi connectivity index (χ1v) is 16.6. The van der Waals surface area contributed by atoms with Gasteiger partial charge in [-0.2, -0.15) is 15.2 Å². The zero-order valence-electron chi connectivity index (χ0n) is 26.0. The van der Waals surface area contributed by atoms with Gasteiger partial charge in [-0.3, -0.25) is 4.79 Å². The van der Waals surface area contributed by atoms with Crippen molar-refractivity contribution in [2.45, 2.75) is 56.9 Å². The Balaban J connectivity index is 1.16. The maximum absolute atomic E-state index is 16.8. The van der Waals surface area contributed by atoms with E-state index in [-0.39, 0.29) is 36.5 Å². The minimum Gasteiger partial charge on any atom is -0.463 e. The van der Waals surface area contributed by atoms with E-state index in [2.05, 4.69) is 23.6 Å². The van der Waals surface area contributed by atoms with Crippen LogP contribution >= 0.6 is 0 Å². The van der Waals surface area contributed by atoms with Crippen LogP contribution in [0.3, 0.4) is 0 Å². The average molecular weight is 625 g/mol. The van der Waals surface area contributed by atoms with E-state index in [1.165, 1.54) is 35.3 Å². The van der Waals surface area contributed by atoms with E-state index in [4.69, 9.17) is 14.7 Å². The fourth-order valence-electron chi connectivity index (χ4n) is 8.10. The van der Waals surface area contributed by atoms with Gasteiger partial charge >= 0.3 is 6.01 Å². The molecule has 3 atom stereocenters. The van der Waals surface area contributed by atoms with E-state index in [0.29, 0.717) is 41.8 Å². The second-order valence-electron chi connectivity index (χ2n) is 14.0. The molecule has 10 heteroatoms. The second-order valence-corrected chi connectivity index (χ2v) is 14.0. The number of ether oxygens (including phenoxy) is 1. The SMILES string of the molecule is C=C(F)C(=O)N1CCN(c2nc(OCC3(CN4CCCC4)CC3)nc3c(F)c(-c4cccc5c4C[C@H]4C[C@@H]54)ccc23)C[C@@H]1CC#N. The molecule has 3 aliphatic carbocycles. The molecule has 8 rings (SSSR count). The summed E-state index contributed by atoms with van der Waals surface area (Å²) < 4.78 is 36.9. The first-order valence-electron chi connectivity index (χ1n) is 16.6. The van der Waals surface area contributed by atoms with Crippen molar-refractivity contribution in [3.63, 3.8) is 0 Å². The van der Waals surface area contributed by atoms with Crippen molar-refractivity contribution < 1.29 is 18.3 Å². The normalized spacial score (nSPS) is 24.4. The summed E-state index contributed by atoms with van der Waals surface area (Å²) in [6, 6.07) is 11.6. The molecule has 8 nitrogen and oxygen atoms in total. The van der Waals surface area contributed by atoms with Crippen molar-refractivity contribution in [3.8, 4) is 23.2 Å². The Morgan fingerprint density at radius 2 is 1.93 bits per heavy atom. The topological polar surface area (TPSA) is 85.6 Å². The highest BCUT2D eigenvalue weighted by molar-refractivity contribution is 5.94. The molecule has 3 heterocycles. The number of carbonyl (C=O) groups excluding carboxylic acids is 1. The van der Waals surface area contributed by atoms with E-state index in [9.17, 15) is 14.4 Å². The van der Waals surface area contributed by atoms with E-state index in [0.717, 1.165) is 44.5 Å². The highest BCUT2D eigenvalue weighted by Crippen LogP contribution is 2.58. The fourth-order valence-corrected chi connectivity index (χ4v) is 8.10. The number of anilines is 1. The number of hydrogen-bond donors (Lipinski definition) is 0. The lowest BCUT2D eigenvalue weighted by Gasteiger charge is -2.41. The Hall–Kier alpha value is -4.10. The summed E-state index contributed by atoms with van der Waals surface area (Å²) in [4.78, 5) is 27.9. The van der Waals surface area contributed by atoms with Gasteiger partial charge in [-0.1, -0.05) is 30.8 Å². The molecule has 0 bridgehead atoms. The predicted molar refractivity (Wildman–Crippen MR) is 171 cm³/mol. The molecule has 2 saturated heterocycles. The first kappa shape index (κ1) is 29.3. The van der Waals surface area contributed by atoms with E-state index in [1.54, 1.807) is 0 Å². The number of halogens is 2. The third-order valence-corrected chi connectivity index (χ3v) is 10.9. The van der Waals surface area contributed by atoms with Crippen LogP contribution in [0, 0.1) is 28.5 Å². The van der Waals surface area contributed by atoms with Crippen molar-refractivity contribution in [3.05, 3.63) is 59.7 Å². The van der Waals surface area contributed by atoms with Crippen molar-refractivity contribution in [2.24, 2.45) is 11.3 Å². The van der Waals surface area contributed by atoms with Gasteiger partial charge in [-0.15, -0.1) is 0 Å². The van der Waals surface area contributed by atoms with Crippen molar-refractivity contribution in [1.82, 2.24) is 19.8 Å². The Morgan fingerprint density at radius 1 is 1.11 bits per heavy atom. The molecule has 4 fully saturated rings. The first-order chi connectivity index (χ1) is 22.3. The van der Waals surface area contributed by atoms with Crippen LogP contribution in [0.2, 0.25) is 0 Å². The minimum absolute atomic E-state index is 0.0144. The molecular formula is C36H38F2N6O2. The quantitative estimate of drug-likeness (QED) is 0.280. The summed E-state index contributed by atoms with van der Waals surface area (Å²) in [6.07, 6.45) is 6.83. The molecule has 1 amide bonds. The van der Waals surface area contributed by atoms with Crippen LogP contribution in [0.5, 0.6) is 6.01 Å². The van der Waals surface area contributed by atoms with Gasteiger partial charge in [0.25, 0.3) is 5.91 Å². The van der Waals surface area contributed by atoms with E-state index < -0.39 is 23.6 Å². The smallest absolute Gasteiger partial charge is 0.319 e. The molecule has 46 heavy (non-hydrogen) atoms. The summed E-state index contributed by atoms with van der Waals surface area (Å²) in [5.74, 6) is -0.512. The van der Waals surface area contributed by atoms with Gasteiger partial charge < -0.3 is 19.4 Å². The van der Waals surface area contributed by atoms with Crippen LogP contribution in [-0.4, -0.2) is 77.6 Å². The van der Waals surface area contributed by atoms with Gasteiger partial charge in [0.15, 0.2) is 11.6 Å². The van der Waals surface area contributed by atoms with Gasteiger partial charge in [-0.05, 0) is 86.2 Å². The number of carbonyl (C=O) groups is 1. The maximum Gasteiger partial charge on any atom is 0.319 e. The van der Waals surface area contributed by atoms with Crippen LogP contribution in [0.25, 0.3) is 22.0 Å². The fraction of sp³-hybridized carbons (Fsp3) is 0.500. The summed E-state index contributed by atoms with van der Waals surface area (Å²) in [7, 11) is 0. The third kappa shape index (κ3) is 5.19. The zero-order chi connectivity index (χ0) is 31.6. The lowest BCUT2D eigenvalue weighted by molar-refractivity contribution is -0.131. The monoisotopic (exact) mass is 624 g/mol. The Kier molecular flexibility index (Phi) is 7.20. The molecule has 3 aromatic rings. The highest BCUT2D eigenvalue weighted by atomic mass is 19.1. The minimum atomic E-state index is -1.05. The number of nitrogens with zero attached hydrogens (tertiary/aromatic N) is 6. The van der Waals surface area contributed by atoms with Gasteiger partial charge in [0.05, 0.1) is 25.1 Å². The van der Waals surface area contributed by atoms with Crippen molar-refractivity contribution in [1.29, 1.82) is 5.26 Å². The molecule has 238 valence electrons. The summed E-state index contributed by atoms with van der Waals surface area (Å²) in [5.41, 5.74) is 4.27. The number of amides is 1. The Morgan fingerprint density at radius 3 is 2.70 bits per heavy atom. The average Bonchev–Trinajstić information content (AvgIpc) is 3.91. The standard InChI is InChI=1S/C36H38F2N6O2/c1-22(37)34(45)44-16-15-43(19-24(44)9-12-39)33-28-8-7-27(25-5-4-6-26-29-17-23(29)18-30(25)26)31(38)32(28)40-35(41-33)46-21-36(10-11-36)20-42-13-2-3-14-42/h4-8,23-24,29H,1-3,9-11,13-21H2/t23-,24+,29-/m1/s1. The molecule has 2 aromatic carbocycles. The van der Waals surface area contributed by atoms with E-state index in [1.807, 2.05) is 29.2 Å². The number of fused-ring (bicyclic) bond motifs is 4. The van der Waals surface area contributed by atoms with Crippen LogP contribution in [-0.2, 0) is 11.2 Å². The lowest BCUT2D eigenvalue weighted by Crippen LogP contribution is -2.55. The van der Waals surface area contributed by atoms with Crippen LogP contribution in [0.15, 0.2) is 42.7 Å². The molecule has 2 aliphatic heterocycles. The van der Waals surface area contributed by atoms with Crippen molar-refractivity contribution >= 4 is 22.6 Å². The number of rotatable bonds is 9. The summed E-state index contributed by atoms with van der Waals surface area (Å²) in [6.45, 7) is 7.57. The molecule has 0 N–H and O–H groups in total. The van der Waals surface area contributed by atoms with Gasteiger partial charge in [-0.25, -0.2) is 8.78 Å². The Labute approximate surface area is 267 Å². The summed E-state index contributed by atoms with van der Waals surface area (Å²) in [5, 5.41) is 10.1. The number of benzene rings is 2. The molecule has 1 aromatic heterocycles. The summed E-state index contributed by atoms with van der Waals surface area (Å²) >= 11 is 0. The molecule has 2 saturated carbocycles. The van der Waals surface area contributed by atoms with Gasteiger partial charge in [0.1, 0.15) is 11.3 Å². The molecule has 0 unspecified atom stereocenters.